The van der Waals surface area contributed by atoms with Crippen LogP contribution in [0.5, 0.6) is 0 Å². The third-order valence-corrected chi connectivity index (χ3v) is 3.03. The summed E-state index contributed by atoms with van der Waals surface area (Å²) >= 11 is 0. The molecule has 1 heterocycles. The molecule has 2 rings (SSSR count). The standard InChI is InChI=1S/C11H16N2O/c1-8(14)11-7-12-9(2)13(11)10-5-3-4-6-10/h7,10H,3-6H2,1-2H3. The Kier molecular flexibility index (Phi) is 2.40. The molecule has 1 aliphatic rings. The van der Waals surface area contributed by atoms with Gasteiger partial charge < -0.3 is 4.57 Å². The van der Waals surface area contributed by atoms with Crippen molar-refractivity contribution in [1.82, 2.24) is 9.55 Å². The molecule has 0 unspecified atom stereocenters. The van der Waals surface area contributed by atoms with Crippen molar-refractivity contribution < 1.29 is 4.79 Å². The molecule has 76 valence electrons. The van der Waals surface area contributed by atoms with Crippen LogP contribution in [0, 0.1) is 6.92 Å². The topological polar surface area (TPSA) is 34.9 Å². The second-order valence-corrected chi connectivity index (χ2v) is 4.06. The molecule has 0 bridgehead atoms. The van der Waals surface area contributed by atoms with E-state index in [2.05, 4.69) is 9.55 Å². The van der Waals surface area contributed by atoms with Crippen molar-refractivity contribution in [2.24, 2.45) is 0 Å². The number of carbonyl (C=O) groups is 1. The maximum atomic E-state index is 11.4. The van der Waals surface area contributed by atoms with Gasteiger partial charge in [0, 0.05) is 13.0 Å². The SMILES string of the molecule is CC(=O)c1cnc(C)n1C1CCCC1. The summed E-state index contributed by atoms with van der Waals surface area (Å²) in [6.45, 7) is 3.59. The van der Waals surface area contributed by atoms with Gasteiger partial charge in [-0.1, -0.05) is 12.8 Å². The highest BCUT2D eigenvalue weighted by Crippen LogP contribution is 2.31. The molecule has 1 aliphatic carbocycles. The minimum absolute atomic E-state index is 0.123. The molecule has 3 nitrogen and oxygen atoms in total. The van der Waals surface area contributed by atoms with Crippen LogP contribution in [0.1, 0.15) is 55.0 Å². The van der Waals surface area contributed by atoms with Gasteiger partial charge in [-0.3, -0.25) is 4.79 Å². The minimum atomic E-state index is 0.123. The number of rotatable bonds is 2. The second kappa shape index (κ2) is 3.56. The van der Waals surface area contributed by atoms with E-state index in [9.17, 15) is 4.79 Å². The van der Waals surface area contributed by atoms with Gasteiger partial charge in [-0.05, 0) is 19.8 Å². The third-order valence-electron chi connectivity index (χ3n) is 3.03. The molecule has 0 spiro atoms. The Hall–Kier alpha value is -1.12. The molecule has 0 atom stereocenters. The van der Waals surface area contributed by atoms with Gasteiger partial charge in [-0.25, -0.2) is 4.98 Å². The van der Waals surface area contributed by atoms with E-state index in [1.165, 1.54) is 25.7 Å². The Morgan fingerprint density at radius 3 is 2.71 bits per heavy atom. The molecule has 0 amide bonds. The Morgan fingerprint density at radius 1 is 1.50 bits per heavy atom. The van der Waals surface area contributed by atoms with Gasteiger partial charge in [-0.15, -0.1) is 0 Å². The van der Waals surface area contributed by atoms with Gasteiger partial charge in [0.2, 0.25) is 0 Å². The van der Waals surface area contributed by atoms with Crippen LogP contribution in [0.4, 0.5) is 0 Å². The maximum absolute atomic E-state index is 11.4. The molecule has 1 aromatic heterocycles. The second-order valence-electron chi connectivity index (χ2n) is 4.06. The molecule has 3 heteroatoms. The summed E-state index contributed by atoms with van der Waals surface area (Å²) < 4.78 is 2.12. The minimum Gasteiger partial charge on any atom is -0.323 e. The summed E-state index contributed by atoms with van der Waals surface area (Å²) in [5, 5.41) is 0. The van der Waals surface area contributed by atoms with Crippen LogP contribution in [0.15, 0.2) is 6.20 Å². The summed E-state index contributed by atoms with van der Waals surface area (Å²) in [6.07, 6.45) is 6.64. The van der Waals surface area contributed by atoms with E-state index >= 15 is 0 Å². The van der Waals surface area contributed by atoms with Gasteiger partial charge in [0.1, 0.15) is 11.5 Å². The average Bonchev–Trinajstić information content (AvgIpc) is 2.71. The van der Waals surface area contributed by atoms with Crippen LogP contribution in [0.2, 0.25) is 0 Å². The van der Waals surface area contributed by atoms with Gasteiger partial charge in [-0.2, -0.15) is 0 Å². The summed E-state index contributed by atoms with van der Waals surface area (Å²) in [4.78, 5) is 15.6. The number of nitrogens with zero attached hydrogens (tertiary/aromatic N) is 2. The fraction of sp³-hybridized carbons (Fsp3) is 0.636. The third kappa shape index (κ3) is 1.47. The van der Waals surface area contributed by atoms with E-state index in [1.807, 2.05) is 6.92 Å². The highest BCUT2D eigenvalue weighted by Gasteiger charge is 2.22. The number of aromatic nitrogens is 2. The number of Topliss-reactive ketones (excluding diaryl/α,β-unsaturated/α-hetero) is 1. The summed E-state index contributed by atoms with van der Waals surface area (Å²) in [6, 6.07) is 0.511. The first-order chi connectivity index (χ1) is 6.70. The molecule has 0 N–H and O–H groups in total. The van der Waals surface area contributed by atoms with E-state index in [4.69, 9.17) is 0 Å². The molecule has 0 saturated heterocycles. The average molecular weight is 192 g/mol. The first-order valence-corrected chi connectivity index (χ1v) is 5.25. The van der Waals surface area contributed by atoms with E-state index < -0.39 is 0 Å². The number of aryl methyl sites for hydroxylation is 1. The normalized spacial score (nSPS) is 17.6. The molecule has 1 aromatic rings. The highest BCUT2D eigenvalue weighted by molar-refractivity contribution is 5.92. The molecular weight excluding hydrogens is 176 g/mol. The number of carbonyl (C=O) groups excluding carboxylic acids is 1. The number of ketones is 1. The highest BCUT2D eigenvalue weighted by atomic mass is 16.1. The predicted molar refractivity (Wildman–Crippen MR) is 54.5 cm³/mol. The van der Waals surface area contributed by atoms with Gasteiger partial charge in [0.25, 0.3) is 0 Å². The van der Waals surface area contributed by atoms with E-state index in [0.717, 1.165) is 11.5 Å². The first kappa shape index (κ1) is 9.44. The molecule has 0 aliphatic heterocycles. The summed E-state index contributed by atoms with van der Waals surface area (Å²) in [7, 11) is 0. The smallest absolute Gasteiger partial charge is 0.177 e. The van der Waals surface area contributed by atoms with Crippen molar-refractivity contribution in [3.63, 3.8) is 0 Å². The fourth-order valence-electron chi connectivity index (χ4n) is 2.34. The van der Waals surface area contributed by atoms with E-state index in [1.54, 1.807) is 13.1 Å². The van der Waals surface area contributed by atoms with Crippen LogP contribution < -0.4 is 0 Å². The van der Waals surface area contributed by atoms with Crippen LogP contribution in [-0.4, -0.2) is 15.3 Å². The lowest BCUT2D eigenvalue weighted by atomic mass is 10.2. The number of hydrogen-bond acceptors (Lipinski definition) is 2. The van der Waals surface area contributed by atoms with Crippen molar-refractivity contribution in [1.29, 1.82) is 0 Å². The van der Waals surface area contributed by atoms with Crippen LogP contribution >= 0.6 is 0 Å². The largest absolute Gasteiger partial charge is 0.323 e. The van der Waals surface area contributed by atoms with Gasteiger partial charge in [0.05, 0.1) is 6.20 Å². The van der Waals surface area contributed by atoms with Gasteiger partial charge in [0.15, 0.2) is 5.78 Å². The summed E-state index contributed by atoms with van der Waals surface area (Å²) in [5.74, 6) is 1.10. The Labute approximate surface area is 84.1 Å². The van der Waals surface area contributed by atoms with Crippen LogP contribution in [-0.2, 0) is 0 Å². The lowest BCUT2D eigenvalue weighted by Crippen LogP contribution is -2.12. The molecule has 1 fully saturated rings. The van der Waals surface area contributed by atoms with Crippen LogP contribution in [0.3, 0.4) is 0 Å². The molecular formula is C11H16N2O. The number of hydrogen-bond donors (Lipinski definition) is 0. The van der Waals surface area contributed by atoms with Crippen molar-refractivity contribution in [3.05, 3.63) is 17.7 Å². The maximum Gasteiger partial charge on any atom is 0.177 e. The van der Waals surface area contributed by atoms with Crippen molar-refractivity contribution in [2.75, 3.05) is 0 Å². The Bertz CT molecular complexity index is 348. The lowest BCUT2D eigenvalue weighted by Gasteiger charge is -2.15. The van der Waals surface area contributed by atoms with Gasteiger partial charge >= 0.3 is 0 Å². The molecule has 0 aromatic carbocycles. The fourth-order valence-corrected chi connectivity index (χ4v) is 2.34. The zero-order valence-electron chi connectivity index (χ0n) is 8.79. The van der Waals surface area contributed by atoms with E-state index in [-0.39, 0.29) is 5.78 Å². The molecule has 1 saturated carbocycles. The quantitative estimate of drug-likeness (QED) is 0.675. The Balaban J connectivity index is 2.38. The Morgan fingerprint density at radius 2 is 2.14 bits per heavy atom. The summed E-state index contributed by atoms with van der Waals surface area (Å²) in [5.41, 5.74) is 0.773. The zero-order chi connectivity index (χ0) is 10.1. The van der Waals surface area contributed by atoms with Crippen LogP contribution in [0.25, 0.3) is 0 Å². The van der Waals surface area contributed by atoms with E-state index in [0.29, 0.717) is 6.04 Å². The number of imidazole rings is 1. The predicted octanol–water partition coefficient (Wildman–Crippen LogP) is 2.51. The van der Waals surface area contributed by atoms with Crippen molar-refractivity contribution in [2.45, 2.75) is 45.6 Å². The van der Waals surface area contributed by atoms with Crippen molar-refractivity contribution in [3.8, 4) is 0 Å². The molecule has 14 heavy (non-hydrogen) atoms. The zero-order valence-corrected chi connectivity index (χ0v) is 8.79. The molecule has 0 radical (unpaired) electrons. The first-order valence-electron chi connectivity index (χ1n) is 5.25. The lowest BCUT2D eigenvalue weighted by molar-refractivity contribution is 0.100. The van der Waals surface area contributed by atoms with Crippen molar-refractivity contribution >= 4 is 5.78 Å². The monoisotopic (exact) mass is 192 g/mol.